The fourth-order valence-electron chi connectivity index (χ4n) is 2.21. The third-order valence-electron chi connectivity index (χ3n) is 3.45. The number of nitrogens with zero attached hydrogens (tertiary/aromatic N) is 2. The number of nitrogens with one attached hydrogen (secondary N) is 1. The molecule has 6 nitrogen and oxygen atoms in total. The number of aryl methyl sites for hydroxylation is 1. The van der Waals surface area contributed by atoms with Gasteiger partial charge in [0.05, 0.1) is 0 Å². The predicted molar refractivity (Wildman–Crippen MR) is 76.2 cm³/mol. The van der Waals surface area contributed by atoms with Gasteiger partial charge in [-0.25, -0.2) is 14.8 Å². The number of hydrogen-bond acceptors (Lipinski definition) is 5. The highest BCUT2D eigenvalue weighted by Gasteiger charge is 2.42. The summed E-state index contributed by atoms with van der Waals surface area (Å²) in [5.74, 6) is -2.48. The quantitative estimate of drug-likeness (QED) is 0.866. The minimum atomic E-state index is -4.78. The number of amides is 1. The molecule has 1 aliphatic rings. The maximum atomic E-state index is 12.7. The number of carbonyl (C=O) groups excluding carboxylic acids is 1. The molecule has 0 unspecified atom stereocenters. The topological polar surface area (TPSA) is 92.2 Å². The molecule has 23 heavy (non-hydrogen) atoms. The van der Waals surface area contributed by atoms with Gasteiger partial charge >= 0.3 is 12.1 Å². The van der Waals surface area contributed by atoms with Gasteiger partial charge < -0.3 is 10.4 Å². The Hall–Kier alpha value is -1.84. The van der Waals surface area contributed by atoms with E-state index in [1.165, 1.54) is 6.92 Å². The van der Waals surface area contributed by atoms with Gasteiger partial charge in [0.15, 0.2) is 0 Å². The Kier molecular flexibility index (Phi) is 4.83. The van der Waals surface area contributed by atoms with Crippen LogP contribution < -0.4 is 5.32 Å². The number of aromatic nitrogens is 2. The molecule has 0 saturated carbocycles. The molecule has 1 aromatic heterocycles. The highest BCUT2D eigenvalue weighted by Crippen LogP contribution is 2.29. The van der Waals surface area contributed by atoms with Gasteiger partial charge in [0, 0.05) is 5.69 Å². The van der Waals surface area contributed by atoms with Gasteiger partial charge in [0.2, 0.25) is 5.82 Å². The molecule has 0 aromatic carbocycles. The van der Waals surface area contributed by atoms with Gasteiger partial charge in [-0.15, -0.1) is 0 Å². The zero-order valence-electron chi connectivity index (χ0n) is 12.1. The normalized spacial score (nSPS) is 17.6. The molecule has 0 aliphatic carbocycles. The number of thioether (sulfide) groups is 1. The molecule has 0 spiro atoms. The molecule has 1 amide bonds. The summed E-state index contributed by atoms with van der Waals surface area (Å²) in [7, 11) is 0. The van der Waals surface area contributed by atoms with Gasteiger partial charge in [-0.05, 0) is 37.3 Å². The second kappa shape index (κ2) is 6.34. The monoisotopic (exact) mass is 349 g/mol. The third-order valence-corrected chi connectivity index (χ3v) is 4.43. The molecule has 1 aliphatic heterocycles. The Morgan fingerprint density at radius 3 is 2.43 bits per heavy atom. The fraction of sp³-hybridized carbons (Fsp3) is 0.538. The summed E-state index contributed by atoms with van der Waals surface area (Å²) >= 11 is 1.56. The molecule has 126 valence electrons. The molecule has 0 atom stereocenters. The van der Waals surface area contributed by atoms with Gasteiger partial charge in [0.1, 0.15) is 11.2 Å². The minimum absolute atomic E-state index is 0.0268. The summed E-state index contributed by atoms with van der Waals surface area (Å²) in [4.78, 5) is 30.2. The molecule has 2 heterocycles. The lowest BCUT2D eigenvalue weighted by Gasteiger charge is -2.33. The Balaban J connectivity index is 2.29. The zero-order valence-corrected chi connectivity index (χ0v) is 12.9. The molecule has 1 saturated heterocycles. The first-order valence-corrected chi connectivity index (χ1v) is 7.86. The van der Waals surface area contributed by atoms with Crippen molar-refractivity contribution in [1.82, 2.24) is 15.3 Å². The van der Waals surface area contributed by atoms with E-state index in [0.717, 1.165) is 6.07 Å². The van der Waals surface area contributed by atoms with Crippen molar-refractivity contribution in [1.29, 1.82) is 0 Å². The number of rotatable bonds is 3. The highest BCUT2D eigenvalue weighted by molar-refractivity contribution is 7.99. The van der Waals surface area contributed by atoms with Gasteiger partial charge in [0.25, 0.3) is 5.91 Å². The SMILES string of the molecule is Cc1cc(C(=O)NC2(C(=O)O)CCSCC2)nc(C(F)(F)F)n1. The summed E-state index contributed by atoms with van der Waals surface area (Å²) in [6.07, 6.45) is -4.38. The molecular formula is C13H14F3N3O3S. The number of halogens is 3. The van der Waals surface area contributed by atoms with Crippen LogP contribution in [0.25, 0.3) is 0 Å². The Bertz CT molecular complexity index is 631. The van der Waals surface area contributed by atoms with Crippen LogP contribution in [0.15, 0.2) is 6.07 Å². The highest BCUT2D eigenvalue weighted by atomic mass is 32.2. The van der Waals surface area contributed by atoms with Crippen molar-refractivity contribution in [2.45, 2.75) is 31.5 Å². The number of carboxylic acids is 1. The van der Waals surface area contributed by atoms with Gasteiger partial charge in [-0.1, -0.05) is 0 Å². The number of carbonyl (C=O) groups is 2. The van der Waals surface area contributed by atoms with E-state index in [9.17, 15) is 27.9 Å². The van der Waals surface area contributed by atoms with Crippen LogP contribution in [-0.2, 0) is 11.0 Å². The number of carboxylic acid groups (broad SMARTS) is 1. The largest absolute Gasteiger partial charge is 0.480 e. The van der Waals surface area contributed by atoms with E-state index in [4.69, 9.17) is 0 Å². The summed E-state index contributed by atoms with van der Waals surface area (Å²) in [5, 5.41) is 11.7. The van der Waals surface area contributed by atoms with Crippen LogP contribution in [0.3, 0.4) is 0 Å². The first-order valence-electron chi connectivity index (χ1n) is 6.71. The van der Waals surface area contributed by atoms with Crippen molar-refractivity contribution in [2.75, 3.05) is 11.5 Å². The summed E-state index contributed by atoms with van der Waals surface area (Å²) in [6.45, 7) is 1.30. The average Bonchev–Trinajstić information content (AvgIpc) is 2.46. The van der Waals surface area contributed by atoms with Crippen LogP contribution in [0.4, 0.5) is 13.2 Å². The van der Waals surface area contributed by atoms with Crippen LogP contribution in [0.1, 0.15) is 34.8 Å². The van der Waals surface area contributed by atoms with E-state index in [-0.39, 0.29) is 18.5 Å². The maximum absolute atomic E-state index is 12.7. The third kappa shape index (κ3) is 3.92. The lowest BCUT2D eigenvalue weighted by Crippen LogP contribution is -2.56. The predicted octanol–water partition coefficient (Wildman–Crippen LogP) is 1.88. The second-order valence-electron chi connectivity index (χ2n) is 5.17. The molecule has 0 bridgehead atoms. The standard InChI is InChI=1S/C13H14F3N3O3S/c1-7-6-8(18-10(17-7)13(14,15)16)9(20)19-12(11(21)22)2-4-23-5-3-12/h6H,2-5H2,1H3,(H,19,20)(H,21,22). The molecule has 10 heteroatoms. The molecule has 1 aromatic rings. The Morgan fingerprint density at radius 2 is 1.91 bits per heavy atom. The first kappa shape index (κ1) is 17.5. The Morgan fingerprint density at radius 1 is 1.30 bits per heavy atom. The first-order chi connectivity index (χ1) is 10.6. The van der Waals surface area contributed by atoms with E-state index in [1.54, 1.807) is 11.8 Å². The van der Waals surface area contributed by atoms with E-state index in [0.29, 0.717) is 11.5 Å². The van der Waals surface area contributed by atoms with E-state index in [1.807, 2.05) is 0 Å². The maximum Gasteiger partial charge on any atom is 0.451 e. The van der Waals surface area contributed by atoms with E-state index >= 15 is 0 Å². The van der Waals surface area contributed by atoms with Gasteiger partial charge in [-0.3, -0.25) is 4.79 Å². The lowest BCUT2D eigenvalue weighted by molar-refractivity contribution is -0.146. The number of aliphatic carboxylic acids is 1. The average molecular weight is 349 g/mol. The van der Waals surface area contributed by atoms with Crippen LogP contribution >= 0.6 is 11.8 Å². The second-order valence-corrected chi connectivity index (χ2v) is 6.39. The van der Waals surface area contributed by atoms with Crippen molar-refractivity contribution >= 4 is 23.6 Å². The van der Waals surface area contributed by atoms with Crippen LogP contribution in [0.5, 0.6) is 0 Å². The minimum Gasteiger partial charge on any atom is -0.480 e. The molecule has 2 N–H and O–H groups in total. The van der Waals surface area contributed by atoms with E-state index < -0.39 is 35.1 Å². The van der Waals surface area contributed by atoms with Crippen molar-refractivity contribution in [3.8, 4) is 0 Å². The van der Waals surface area contributed by atoms with Gasteiger partial charge in [-0.2, -0.15) is 24.9 Å². The number of hydrogen-bond donors (Lipinski definition) is 2. The van der Waals surface area contributed by atoms with Crippen molar-refractivity contribution in [3.05, 3.63) is 23.3 Å². The number of alkyl halides is 3. The van der Waals surface area contributed by atoms with Crippen LogP contribution in [-0.4, -0.2) is 44.0 Å². The van der Waals surface area contributed by atoms with Crippen LogP contribution in [0.2, 0.25) is 0 Å². The summed E-state index contributed by atoms with van der Waals surface area (Å²) in [5.41, 5.74) is -2.00. The van der Waals surface area contributed by atoms with Crippen molar-refractivity contribution < 1.29 is 27.9 Å². The molecule has 0 radical (unpaired) electrons. The molecule has 2 rings (SSSR count). The smallest absolute Gasteiger partial charge is 0.451 e. The van der Waals surface area contributed by atoms with Crippen molar-refractivity contribution in [3.63, 3.8) is 0 Å². The van der Waals surface area contributed by atoms with Crippen molar-refractivity contribution in [2.24, 2.45) is 0 Å². The molecular weight excluding hydrogens is 335 g/mol. The zero-order chi connectivity index (χ0) is 17.3. The fourth-order valence-corrected chi connectivity index (χ4v) is 3.39. The van der Waals surface area contributed by atoms with E-state index in [2.05, 4.69) is 15.3 Å². The molecule has 1 fully saturated rings. The lowest BCUT2D eigenvalue weighted by atomic mass is 9.92. The Labute approximate surface area is 133 Å². The van der Waals surface area contributed by atoms with Crippen LogP contribution in [0, 0.1) is 6.92 Å². The summed E-state index contributed by atoms with van der Waals surface area (Å²) < 4.78 is 38.2. The summed E-state index contributed by atoms with van der Waals surface area (Å²) in [6, 6.07) is 1.09.